The molecule has 1 aromatic rings. The van der Waals surface area contributed by atoms with Gasteiger partial charge in [0.1, 0.15) is 5.54 Å². The molecule has 0 unspecified atom stereocenters. The van der Waals surface area contributed by atoms with E-state index in [2.05, 4.69) is 15.9 Å². The number of Topliss-reactive ketones (excluding diaryl/α,β-unsaturated/α-hetero) is 1. The third kappa shape index (κ3) is 1.92. The lowest BCUT2D eigenvalue weighted by Gasteiger charge is -2.35. The van der Waals surface area contributed by atoms with Crippen LogP contribution < -0.4 is 5.73 Å². The Balaban J connectivity index is 2.45. The van der Waals surface area contributed by atoms with E-state index in [1.807, 2.05) is 18.2 Å². The fourth-order valence-corrected chi connectivity index (χ4v) is 3.22. The van der Waals surface area contributed by atoms with Crippen molar-refractivity contribution in [3.8, 4) is 0 Å². The highest BCUT2D eigenvalue weighted by Gasteiger charge is 2.42. The lowest BCUT2D eigenvalue weighted by atomic mass is 9.76. The first kappa shape index (κ1) is 12.1. The summed E-state index contributed by atoms with van der Waals surface area (Å²) in [6.07, 6.45) is 2.45. The zero-order valence-corrected chi connectivity index (χ0v) is 11.1. The van der Waals surface area contributed by atoms with Gasteiger partial charge in [0.15, 0.2) is 5.78 Å². The highest BCUT2D eigenvalue weighted by Crippen LogP contribution is 2.37. The van der Waals surface area contributed by atoms with Gasteiger partial charge in [0.25, 0.3) is 0 Å². The number of nitrogens with two attached hydrogens (primary N) is 1. The molecule has 2 rings (SSSR count). The van der Waals surface area contributed by atoms with Crippen molar-refractivity contribution < 1.29 is 4.79 Å². The summed E-state index contributed by atoms with van der Waals surface area (Å²) >= 11 is 9.49. The molecular formula is C12H13BrClNO. The van der Waals surface area contributed by atoms with E-state index in [9.17, 15) is 4.79 Å². The predicted molar refractivity (Wildman–Crippen MR) is 68.9 cm³/mol. The first-order chi connectivity index (χ1) is 7.55. The van der Waals surface area contributed by atoms with Crippen molar-refractivity contribution in [3.05, 3.63) is 34.9 Å². The van der Waals surface area contributed by atoms with E-state index in [4.69, 9.17) is 17.3 Å². The van der Waals surface area contributed by atoms with Gasteiger partial charge < -0.3 is 5.73 Å². The van der Waals surface area contributed by atoms with Gasteiger partial charge in [-0.15, -0.1) is 0 Å². The van der Waals surface area contributed by atoms with Crippen LogP contribution in [0.3, 0.4) is 0 Å². The predicted octanol–water partition coefficient (Wildman–Crippen LogP) is 3.01. The Kier molecular flexibility index (Phi) is 3.38. The van der Waals surface area contributed by atoms with Gasteiger partial charge in [-0.3, -0.25) is 4.79 Å². The summed E-state index contributed by atoms with van der Waals surface area (Å²) in [5.74, 6) is 0.0341. The number of halogens is 2. The van der Waals surface area contributed by atoms with E-state index in [1.165, 1.54) is 0 Å². The van der Waals surface area contributed by atoms with Gasteiger partial charge in [0.05, 0.1) is 4.83 Å². The van der Waals surface area contributed by atoms with Crippen molar-refractivity contribution in [2.45, 2.75) is 29.6 Å². The molecule has 1 aliphatic carbocycles. The SMILES string of the molecule is N[C@]1(c2ccccc2Cl)CCC[C@H](Br)C1=O. The van der Waals surface area contributed by atoms with Crippen LogP contribution in [-0.4, -0.2) is 10.6 Å². The summed E-state index contributed by atoms with van der Waals surface area (Å²) in [7, 11) is 0. The molecule has 2 N–H and O–H groups in total. The number of ketones is 1. The molecule has 86 valence electrons. The zero-order chi connectivity index (χ0) is 11.8. The maximum atomic E-state index is 12.2. The second-order valence-electron chi connectivity index (χ2n) is 4.18. The first-order valence-electron chi connectivity index (χ1n) is 5.28. The molecule has 1 aliphatic rings. The third-order valence-electron chi connectivity index (χ3n) is 3.11. The Morgan fingerprint density at radius 1 is 1.44 bits per heavy atom. The standard InChI is InChI=1S/C12H13BrClNO/c13-9-5-3-7-12(15,11(9)16)8-4-1-2-6-10(8)14/h1-2,4,6,9H,3,5,7,15H2/t9-,12-/m0/s1. The molecule has 2 atom stereocenters. The molecule has 0 amide bonds. The lowest BCUT2D eigenvalue weighted by Crippen LogP contribution is -2.51. The summed E-state index contributed by atoms with van der Waals surface area (Å²) in [4.78, 5) is 12.0. The average Bonchev–Trinajstić information content (AvgIpc) is 2.26. The topological polar surface area (TPSA) is 43.1 Å². The fraction of sp³-hybridized carbons (Fsp3) is 0.417. The highest BCUT2D eigenvalue weighted by atomic mass is 79.9. The Labute approximate surface area is 108 Å². The summed E-state index contributed by atoms with van der Waals surface area (Å²) in [6, 6.07) is 7.32. The smallest absolute Gasteiger partial charge is 0.170 e. The summed E-state index contributed by atoms with van der Waals surface area (Å²) in [5, 5.41) is 0.569. The molecule has 0 aromatic heterocycles. The summed E-state index contributed by atoms with van der Waals surface area (Å²) in [5.41, 5.74) is 6.07. The van der Waals surface area contributed by atoms with Crippen LogP contribution in [0.4, 0.5) is 0 Å². The van der Waals surface area contributed by atoms with Crippen LogP contribution in [0.15, 0.2) is 24.3 Å². The molecule has 0 radical (unpaired) electrons. The Hall–Kier alpha value is -0.380. The highest BCUT2D eigenvalue weighted by molar-refractivity contribution is 9.10. The number of hydrogen-bond acceptors (Lipinski definition) is 2. The number of hydrogen-bond donors (Lipinski definition) is 1. The quantitative estimate of drug-likeness (QED) is 0.810. The van der Waals surface area contributed by atoms with Crippen LogP contribution in [0.2, 0.25) is 5.02 Å². The van der Waals surface area contributed by atoms with E-state index in [0.717, 1.165) is 18.4 Å². The largest absolute Gasteiger partial charge is 0.315 e. The van der Waals surface area contributed by atoms with Crippen LogP contribution in [-0.2, 0) is 10.3 Å². The van der Waals surface area contributed by atoms with E-state index < -0.39 is 5.54 Å². The van der Waals surface area contributed by atoms with Crippen LogP contribution in [0.25, 0.3) is 0 Å². The normalized spacial score (nSPS) is 30.4. The number of alkyl halides is 1. The van der Waals surface area contributed by atoms with E-state index >= 15 is 0 Å². The summed E-state index contributed by atoms with van der Waals surface area (Å²) < 4.78 is 0. The number of carbonyl (C=O) groups is 1. The first-order valence-corrected chi connectivity index (χ1v) is 6.57. The minimum Gasteiger partial charge on any atom is -0.315 e. The minimum atomic E-state index is -0.926. The monoisotopic (exact) mass is 301 g/mol. The molecule has 0 saturated heterocycles. The van der Waals surface area contributed by atoms with Gasteiger partial charge in [0.2, 0.25) is 0 Å². The molecule has 0 spiro atoms. The lowest BCUT2D eigenvalue weighted by molar-refractivity contribution is -0.125. The Morgan fingerprint density at radius 3 is 2.81 bits per heavy atom. The van der Waals surface area contributed by atoms with Crippen LogP contribution >= 0.6 is 27.5 Å². The molecule has 0 aliphatic heterocycles. The maximum Gasteiger partial charge on any atom is 0.170 e. The van der Waals surface area contributed by atoms with Gasteiger partial charge >= 0.3 is 0 Å². The van der Waals surface area contributed by atoms with E-state index in [1.54, 1.807) is 6.07 Å². The molecule has 1 fully saturated rings. The zero-order valence-electron chi connectivity index (χ0n) is 8.75. The molecule has 1 saturated carbocycles. The summed E-state index contributed by atoms with van der Waals surface area (Å²) in [6.45, 7) is 0. The van der Waals surface area contributed by atoms with Gasteiger partial charge in [-0.05, 0) is 30.9 Å². The molecule has 16 heavy (non-hydrogen) atoms. The average molecular weight is 303 g/mol. The van der Waals surface area contributed by atoms with Crippen molar-refractivity contribution >= 4 is 33.3 Å². The maximum absolute atomic E-state index is 12.2. The molecule has 1 aromatic carbocycles. The molecular weight excluding hydrogens is 289 g/mol. The van der Waals surface area contributed by atoms with Crippen molar-refractivity contribution in [3.63, 3.8) is 0 Å². The second kappa shape index (κ2) is 4.47. The van der Waals surface area contributed by atoms with Crippen molar-refractivity contribution in [2.24, 2.45) is 5.73 Å². The van der Waals surface area contributed by atoms with E-state index in [0.29, 0.717) is 11.4 Å². The molecule has 2 nitrogen and oxygen atoms in total. The van der Waals surface area contributed by atoms with E-state index in [-0.39, 0.29) is 10.6 Å². The molecule has 0 bridgehead atoms. The minimum absolute atomic E-state index is 0.0341. The van der Waals surface area contributed by atoms with Crippen molar-refractivity contribution in [1.82, 2.24) is 0 Å². The number of rotatable bonds is 1. The van der Waals surface area contributed by atoms with Crippen LogP contribution in [0, 0.1) is 0 Å². The van der Waals surface area contributed by atoms with Gasteiger partial charge in [0, 0.05) is 5.02 Å². The molecule has 0 heterocycles. The molecule has 4 heteroatoms. The van der Waals surface area contributed by atoms with Gasteiger partial charge in [-0.25, -0.2) is 0 Å². The second-order valence-corrected chi connectivity index (χ2v) is 5.69. The number of benzene rings is 1. The fourth-order valence-electron chi connectivity index (χ4n) is 2.18. The Bertz CT molecular complexity index is 423. The number of carbonyl (C=O) groups excluding carboxylic acids is 1. The van der Waals surface area contributed by atoms with Crippen molar-refractivity contribution in [1.29, 1.82) is 0 Å². The van der Waals surface area contributed by atoms with Crippen molar-refractivity contribution in [2.75, 3.05) is 0 Å². The van der Waals surface area contributed by atoms with Gasteiger partial charge in [-0.1, -0.05) is 45.7 Å². The third-order valence-corrected chi connectivity index (χ3v) is 4.31. The van der Waals surface area contributed by atoms with Crippen LogP contribution in [0.5, 0.6) is 0 Å². The Morgan fingerprint density at radius 2 is 2.12 bits per heavy atom. The van der Waals surface area contributed by atoms with Gasteiger partial charge in [-0.2, -0.15) is 0 Å². The van der Waals surface area contributed by atoms with Crippen LogP contribution in [0.1, 0.15) is 24.8 Å².